The van der Waals surface area contributed by atoms with E-state index in [2.05, 4.69) is 5.32 Å². The number of hydrogen-bond donors (Lipinski definition) is 1. The smallest absolute Gasteiger partial charge is 0.261 e. The van der Waals surface area contributed by atoms with Gasteiger partial charge in [-0.1, -0.05) is 23.7 Å². The van der Waals surface area contributed by atoms with E-state index >= 15 is 0 Å². The number of ketones is 1. The van der Waals surface area contributed by atoms with Gasteiger partial charge in [0.2, 0.25) is 0 Å². The fourth-order valence-corrected chi connectivity index (χ4v) is 2.22. The van der Waals surface area contributed by atoms with Gasteiger partial charge in [0.1, 0.15) is 5.75 Å². The van der Waals surface area contributed by atoms with Gasteiger partial charge in [0.15, 0.2) is 11.9 Å². The summed E-state index contributed by atoms with van der Waals surface area (Å²) in [6, 6.07) is 14.0. The zero-order valence-electron chi connectivity index (χ0n) is 13.0. The highest BCUT2D eigenvalue weighted by Crippen LogP contribution is 2.15. The molecule has 5 heteroatoms. The molecule has 2 rings (SSSR count). The molecule has 1 N–H and O–H groups in total. The second-order valence-electron chi connectivity index (χ2n) is 5.19. The summed E-state index contributed by atoms with van der Waals surface area (Å²) in [5, 5.41) is 3.43. The monoisotopic (exact) mass is 331 g/mol. The first kappa shape index (κ1) is 17.0. The maximum absolute atomic E-state index is 12.1. The summed E-state index contributed by atoms with van der Waals surface area (Å²) in [5.74, 6) is 0.310. The maximum atomic E-state index is 12.1. The van der Waals surface area contributed by atoms with Gasteiger partial charge in [-0.3, -0.25) is 9.59 Å². The molecule has 0 bridgehead atoms. The molecule has 120 valence electrons. The van der Waals surface area contributed by atoms with Crippen LogP contribution < -0.4 is 10.1 Å². The first-order valence-electron chi connectivity index (χ1n) is 7.25. The molecule has 0 fully saturated rings. The molecule has 0 aliphatic rings. The Balaban J connectivity index is 1.88. The van der Waals surface area contributed by atoms with Crippen molar-refractivity contribution in [1.82, 2.24) is 5.32 Å². The van der Waals surface area contributed by atoms with Crippen molar-refractivity contribution in [3.63, 3.8) is 0 Å². The van der Waals surface area contributed by atoms with Gasteiger partial charge in [-0.2, -0.15) is 0 Å². The summed E-state index contributed by atoms with van der Waals surface area (Å²) in [5.41, 5.74) is 1.53. The molecule has 0 aliphatic heterocycles. The van der Waals surface area contributed by atoms with Gasteiger partial charge in [0.05, 0.1) is 0 Å². The molecular formula is C18H18ClNO3. The van der Waals surface area contributed by atoms with E-state index in [-0.39, 0.29) is 11.7 Å². The summed E-state index contributed by atoms with van der Waals surface area (Å²) in [7, 11) is 0. The van der Waals surface area contributed by atoms with Gasteiger partial charge in [-0.15, -0.1) is 0 Å². The maximum Gasteiger partial charge on any atom is 0.261 e. The molecule has 1 amide bonds. The number of carbonyl (C=O) groups is 2. The summed E-state index contributed by atoms with van der Waals surface area (Å²) >= 11 is 5.90. The van der Waals surface area contributed by atoms with Gasteiger partial charge in [-0.05, 0) is 55.8 Å². The average molecular weight is 332 g/mol. The molecule has 2 aromatic carbocycles. The van der Waals surface area contributed by atoms with Crippen molar-refractivity contribution >= 4 is 23.3 Å². The first-order valence-corrected chi connectivity index (χ1v) is 7.63. The molecule has 4 nitrogen and oxygen atoms in total. The Bertz CT molecular complexity index is 698. The van der Waals surface area contributed by atoms with E-state index in [1.807, 2.05) is 12.1 Å². The van der Waals surface area contributed by atoms with Gasteiger partial charge < -0.3 is 10.1 Å². The number of nitrogens with one attached hydrogen (secondary N) is 1. The average Bonchev–Trinajstić information content (AvgIpc) is 2.53. The predicted molar refractivity (Wildman–Crippen MR) is 89.8 cm³/mol. The predicted octanol–water partition coefficient (Wildman–Crippen LogP) is 3.63. The number of benzene rings is 2. The molecule has 1 unspecified atom stereocenters. The van der Waals surface area contributed by atoms with Gasteiger partial charge in [0, 0.05) is 17.1 Å². The molecule has 0 heterocycles. The van der Waals surface area contributed by atoms with Crippen molar-refractivity contribution < 1.29 is 14.3 Å². The molecule has 0 aromatic heterocycles. The van der Waals surface area contributed by atoms with Crippen molar-refractivity contribution in [2.75, 3.05) is 0 Å². The Morgan fingerprint density at radius 3 is 2.48 bits per heavy atom. The van der Waals surface area contributed by atoms with E-state index in [0.717, 1.165) is 5.56 Å². The zero-order valence-corrected chi connectivity index (χ0v) is 13.8. The van der Waals surface area contributed by atoms with Gasteiger partial charge >= 0.3 is 0 Å². The molecule has 0 spiro atoms. The van der Waals surface area contributed by atoms with Crippen molar-refractivity contribution in [3.8, 4) is 5.75 Å². The van der Waals surface area contributed by atoms with E-state index in [4.69, 9.17) is 16.3 Å². The van der Waals surface area contributed by atoms with Crippen LogP contribution in [0.5, 0.6) is 5.75 Å². The van der Waals surface area contributed by atoms with Crippen LogP contribution in [-0.2, 0) is 11.3 Å². The minimum absolute atomic E-state index is 0.0103. The molecular weight excluding hydrogens is 314 g/mol. The summed E-state index contributed by atoms with van der Waals surface area (Å²) < 4.78 is 5.57. The normalized spacial score (nSPS) is 11.6. The molecule has 0 aliphatic carbocycles. The molecule has 0 saturated heterocycles. The SMILES string of the molecule is CC(=O)c1ccc(OC(C)C(=O)NCc2cccc(Cl)c2)cc1. The van der Waals surface area contributed by atoms with Crippen molar-refractivity contribution in [2.45, 2.75) is 26.5 Å². The second-order valence-corrected chi connectivity index (χ2v) is 5.62. The largest absolute Gasteiger partial charge is 0.481 e. The van der Waals surface area contributed by atoms with Crippen LogP contribution >= 0.6 is 11.6 Å². The van der Waals surface area contributed by atoms with Crippen molar-refractivity contribution in [2.24, 2.45) is 0 Å². The molecule has 0 radical (unpaired) electrons. The highest BCUT2D eigenvalue weighted by molar-refractivity contribution is 6.30. The molecule has 23 heavy (non-hydrogen) atoms. The Kier molecular flexibility index (Phi) is 5.77. The summed E-state index contributed by atoms with van der Waals surface area (Å²) in [4.78, 5) is 23.3. The van der Waals surface area contributed by atoms with E-state index in [1.165, 1.54) is 6.92 Å². The minimum Gasteiger partial charge on any atom is -0.481 e. The topological polar surface area (TPSA) is 55.4 Å². The van der Waals surface area contributed by atoms with E-state index in [0.29, 0.717) is 22.9 Å². The van der Waals surface area contributed by atoms with Crippen LogP contribution in [0, 0.1) is 0 Å². The standard InChI is InChI=1S/C18H18ClNO3/c1-12(21)15-6-8-17(9-7-15)23-13(2)18(22)20-11-14-4-3-5-16(19)10-14/h3-10,13H,11H2,1-2H3,(H,20,22). The van der Waals surface area contributed by atoms with E-state index in [9.17, 15) is 9.59 Å². The number of amides is 1. The van der Waals surface area contributed by atoms with Crippen molar-refractivity contribution in [1.29, 1.82) is 0 Å². The van der Waals surface area contributed by atoms with Crippen LogP contribution in [0.3, 0.4) is 0 Å². The highest BCUT2D eigenvalue weighted by Gasteiger charge is 2.14. The first-order chi connectivity index (χ1) is 11.0. The number of Topliss-reactive ketones (excluding diaryl/α,β-unsaturated/α-hetero) is 1. The number of rotatable bonds is 6. The number of halogens is 1. The lowest BCUT2D eigenvalue weighted by atomic mass is 10.1. The molecule has 1 atom stereocenters. The van der Waals surface area contributed by atoms with Crippen molar-refractivity contribution in [3.05, 3.63) is 64.7 Å². The fourth-order valence-electron chi connectivity index (χ4n) is 2.01. The number of carbonyl (C=O) groups excluding carboxylic acids is 2. The Morgan fingerprint density at radius 1 is 1.17 bits per heavy atom. The third kappa shape index (κ3) is 5.11. The Morgan fingerprint density at radius 2 is 1.87 bits per heavy atom. The fraction of sp³-hybridized carbons (Fsp3) is 0.222. The highest BCUT2D eigenvalue weighted by atomic mass is 35.5. The minimum atomic E-state index is -0.641. The lowest BCUT2D eigenvalue weighted by Crippen LogP contribution is -2.35. The molecule has 0 saturated carbocycles. The molecule has 2 aromatic rings. The lowest BCUT2D eigenvalue weighted by Gasteiger charge is -2.15. The Hall–Kier alpha value is -2.33. The number of ether oxygens (including phenoxy) is 1. The number of hydrogen-bond acceptors (Lipinski definition) is 3. The zero-order chi connectivity index (χ0) is 16.8. The Labute approximate surface area is 140 Å². The second kappa shape index (κ2) is 7.79. The van der Waals surface area contributed by atoms with Crippen LogP contribution in [0.2, 0.25) is 5.02 Å². The van der Waals surface area contributed by atoms with Crippen LogP contribution in [0.15, 0.2) is 48.5 Å². The van der Waals surface area contributed by atoms with E-state index in [1.54, 1.807) is 43.3 Å². The van der Waals surface area contributed by atoms with Gasteiger partial charge in [-0.25, -0.2) is 0 Å². The third-order valence-corrected chi connectivity index (χ3v) is 3.53. The third-order valence-electron chi connectivity index (χ3n) is 3.30. The van der Waals surface area contributed by atoms with Crippen LogP contribution in [-0.4, -0.2) is 17.8 Å². The quantitative estimate of drug-likeness (QED) is 0.822. The lowest BCUT2D eigenvalue weighted by molar-refractivity contribution is -0.127. The van der Waals surface area contributed by atoms with Gasteiger partial charge in [0.25, 0.3) is 5.91 Å². The summed E-state index contributed by atoms with van der Waals surface area (Å²) in [6.07, 6.45) is -0.641. The van der Waals surface area contributed by atoms with Crippen LogP contribution in [0.1, 0.15) is 29.8 Å². The summed E-state index contributed by atoms with van der Waals surface area (Å²) in [6.45, 7) is 3.56. The van der Waals surface area contributed by atoms with Crippen LogP contribution in [0.25, 0.3) is 0 Å². The van der Waals surface area contributed by atoms with Crippen LogP contribution in [0.4, 0.5) is 0 Å². The van der Waals surface area contributed by atoms with E-state index < -0.39 is 6.10 Å².